The molecule has 2 amide bonds. The molecule has 2 N–H and O–H groups in total. The summed E-state index contributed by atoms with van der Waals surface area (Å²) in [6, 6.07) is 5.68. The average Bonchev–Trinajstić information content (AvgIpc) is 3.20. The van der Waals surface area contributed by atoms with Gasteiger partial charge in [-0.05, 0) is 37.3 Å². The van der Waals surface area contributed by atoms with Crippen LogP contribution in [0.3, 0.4) is 0 Å². The van der Waals surface area contributed by atoms with Crippen molar-refractivity contribution in [1.82, 2.24) is 5.32 Å². The average molecular weight is 266 g/mol. The highest BCUT2D eigenvalue weighted by molar-refractivity contribution is 5.89. The molecule has 5 heteroatoms. The molecule has 19 heavy (non-hydrogen) atoms. The molecule has 0 bridgehead atoms. The Balaban J connectivity index is 1.55. The molecule has 0 atom stereocenters. The maximum Gasteiger partial charge on any atom is 0.319 e. The van der Waals surface area contributed by atoms with Gasteiger partial charge in [0.2, 0.25) is 0 Å². The number of benzene rings is 1. The van der Waals surface area contributed by atoms with Crippen LogP contribution in [0.15, 0.2) is 24.3 Å². The lowest BCUT2D eigenvalue weighted by molar-refractivity contribution is 0.122. The third-order valence-corrected chi connectivity index (χ3v) is 2.92. The van der Waals surface area contributed by atoms with Gasteiger partial charge in [-0.25, -0.2) is 9.18 Å². The first-order chi connectivity index (χ1) is 9.25. The molecule has 1 saturated carbocycles. The van der Waals surface area contributed by atoms with Crippen LogP contribution in [0.5, 0.6) is 0 Å². The molecule has 1 aliphatic rings. The maximum atomic E-state index is 13.3. The first kappa shape index (κ1) is 13.8. The third-order valence-electron chi connectivity index (χ3n) is 2.92. The third kappa shape index (κ3) is 5.26. The maximum absolute atomic E-state index is 13.3. The number of nitrogens with one attached hydrogen (secondary N) is 2. The second kappa shape index (κ2) is 7.09. The minimum Gasteiger partial charge on any atom is -0.381 e. The topological polar surface area (TPSA) is 50.4 Å². The van der Waals surface area contributed by atoms with Crippen LogP contribution in [0, 0.1) is 11.7 Å². The van der Waals surface area contributed by atoms with Gasteiger partial charge in [-0.1, -0.05) is 12.1 Å². The molecule has 1 aromatic rings. The van der Waals surface area contributed by atoms with Gasteiger partial charge in [0.1, 0.15) is 5.82 Å². The summed E-state index contributed by atoms with van der Waals surface area (Å²) in [4.78, 5) is 11.5. The summed E-state index contributed by atoms with van der Waals surface area (Å²) >= 11 is 0. The van der Waals surface area contributed by atoms with E-state index in [0.29, 0.717) is 13.2 Å². The summed E-state index contributed by atoms with van der Waals surface area (Å²) in [6.07, 6.45) is 3.32. The normalized spacial score (nSPS) is 14.2. The van der Waals surface area contributed by atoms with E-state index in [9.17, 15) is 9.18 Å². The highest BCUT2D eigenvalue weighted by atomic mass is 19.1. The van der Waals surface area contributed by atoms with E-state index in [1.807, 2.05) is 0 Å². The van der Waals surface area contributed by atoms with Gasteiger partial charge < -0.3 is 15.4 Å². The van der Waals surface area contributed by atoms with Gasteiger partial charge in [0.05, 0.1) is 5.69 Å². The van der Waals surface area contributed by atoms with Crippen molar-refractivity contribution in [2.75, 3.05) is 25.1 Å². The molecular weight excluding hydrogens is 247 g/mol. The summed E-state index contributed by atoms with van der Waals surface area (Å²) in [5.74, 6) is 0.322. The minimum atomic E-state index is -0.439. The molecular formula is C14H19FN2O2. The molecule has 2 rings (SSSR count). The van der Waals surface area contributed by atoms with Crippen LogP contribution < -0.4 is 10.6 Å². The Morgan fingerprint density at radius 3 is 2.89 bits per heavy atom. The van der Waals surface area contributed by atoms with Crippen LogP contribution in [0.4, 0.5) is 14.9 Å². The molecule has 0 unspecified atom stereocenters. The Bertz CT molecular complexity index is 422. The first-order valence-electron chi connectivity index (χ1n) is 6.63. The van der Waals surface area contributed by atoms with Crippen molar-refractivity contribution in [3.05, 3.63) is 30.1 Å². The molecule has 1 fully saturated rings. The predicted molar refractivity (Wildman–Crippen MR) is 71.6 cm³/mol. The van der Waals surface area contributed by atoms with Gasteiger partial charge in [-0.3, -0.25) is 0 Å². The van der Waals surface area contributed by atoms with Crippen molar-refractivity contribution in [3.63, 3.8) is 0 Å². The lowest BCUT2D eigenvalue weighted by Crippen LogP contribution is -2.30. The Kier molecular flexibility index (Phi) is 5.15. The van der Waals surface area contributed by atoms with Crippen LogP contribution in [0.25, 0.3) is 0 Å². The smallest absolute Gasteiger partial charge is 0.319 e. The summed E-state index contributed by atoms with van der Waals surface area (Å²) in [7, 11) is 0. The summed E-state index contributed by atoms with van der Waals surface area (Å²) in [5.41, 5.74) is 0.185. The lowest BCUT2D eigenvalue weighted by Gasteiger charge is -2.08. The van der Waals surface area contributed by atoms with E-state index < -0.39 is 11.8 Å². The lowest BCUT2D eigenvalue weighted by atomic mass is 10.3. The number of anilines is 1. The largest absolute Gasteiger partial charge is 0.381 e. The van der Waals surface area contributed by atoms with Crippen LogP contribution in [0.2, 0.25) is 0 Å². The number of rotatable bonds is 7. The van der Waals surface area contributed by atoms with Gasteiger partial charge in [0.15, 0.2) is 0 Å². The monoisotopic (exact) mass is 266 g/mol. The second-order valence-electron chi connectivity index (χ2n) is 4.73. The van der Waals surface area contributed by atoms with Crippen LogP contribution in [-0.2, 0) is 4.74 Å². The summed E-state index contributed by atoms with van der Waals surface area (Å²) in [6.45, 7) is 2.00. The molecule has 104 valence electrons. The van der Waals surface area contributed by atoms with Crippen molar-refractivity contribution >= 4 is 11.7 Å². The molecule has 4 nitrogen and oxygen atoms in total. The molecule has 0 aliphatic heterocycles. The molecule has 0 spiro atoms. The zero-order valence-corrected chi connectivity index (χ0v) is 10.8. The van der Waals surface area contributed by atoms with Gasteiger partial charge in [-0.15, -0.1) is 0 Å². The number of urea groups is 1. The molecule has 1 aromatic carbocycles. The van der Waals surface area contributed by atoms with Crippen LogP contribution in [-0.4, -0.2) is 25.8 Å². The highest BCUT2D eigenvalue weighted by Crippen LogP contribution is 2.28. The molecule has 1 aliphatic carbocycles. The fraction of sp³-hybridized carbons (Fsp3) is 0.500. The summed E-state index contributed by atoms with van der Waals surface area (Å²) < 4.78 is 18.7. The Morgan fingerprint density at radius 2 is 2.16 bits per heavy atom. The van der Waals surface area contributed by atoms with Crippen molar-refractivity contribution < 1.29 is 13.9 Å². The Hall–Kier alpha value is -1.62. The molecule has 0 radical (unpaired) electrons. The van der Waals surface area contributed by atoms with E-state index in [1.165, 1.54) is 25.0 Å². The van der Waals surface area contributed by atoms with Gasteiger partial charge in [0, 0.05) is 19.8 Å². The number of halogens is 1. The minimum absolute atomic E-state index is 0.185. The van der Waals surface area contributed by atoms with Crippen LogP contribution >= 0.6 is 0 Å². The van der Waals surface area contributed by atoms with Crippen molar-refractivity contribution in [2.45, 2.75) is 19.3 Å². The van der Waals surface area contributed by atoms with Crippen molar-refractivity contribution in [1.29, 1.82) is 0 Å². The highest BCUT2D eigenvalue weighted by Gasteiger charge is 2.20. The summed E-state index contributed by atoms with van der Waals surface area (Å²) in [5, 5.41) is 5.13. The second-order valence-corrected chi connectivity index (χ2v) is 4.73. The fourth-order valence-electron chi connectivity index (χ4n) is 1.64. The van der Waals surface area contributed by atoms with E-state index >= 15 is 0 Å². The van der Waals surface area contributed by atoms with Crippen molar-refractivity contribution in [3.8, 4) is 0 Å². The number of amides is 2. The number of ether oxygens (including phenoxy) is 1. The molecule has 0 heterocycles. The fourth-order valence-corrected chi connectivity index (χ4v) is 1.64. The zero-order valence-electron chi connectivity index (χ0n) is 10.8. The quantitative estimate of drug-likeness (QED) is 0.746. The Morgan fingerprint density at radius 1 is 1.37 bits per heavy atom. The molecule has 0 aromatic heterocycles. The van der Waals surface area contributed by atoms with Crippen molar-refractivity contribution in [2.24, 2.45) is 5.92 Å². The standard InChI is InChI=1S/C14H19FN2O2/c15-12-4-1-2-5-13(12)17-14(18)16-8-3-9-19-10-11-6-7-11/h1-2,4-5,11H,3,6-10H2,(H2,16,17,18). The van der Waals surface area contributed by atoms with Gasteiger partial charge in [-0.2, -0.15) is 0 Å². The van der Waals surface area contributed by atoms with E-state index in [2.05, 4.69) is 10.6 Å². The Labute approximate surface area is 112 Å². The van der Waals surface area contributed by atoms with E-state index in [1.54, 1.807) is 12.1 Å². The zero-order chi connectivity index (χ0) is 13.5. The van der Waals surface area contributed by atoms with E-state index in [4.69, 9.17) is 4.74 Å². The SMILES string of the molecule is O=C(NCCCOCC1CC1)Nc1ccccc1F. The van der Waals surface area contributed by atoms with Gasteiger partial charge >= 0.3 is 6.03 Å². The number of carbonyl (C=O) groups is 1. The predicted octanol–water partition coefficient (Wildman–Crippen LogP) is 2.76. The number of carbonyl (C=O) groups excluding carboxylic acids is 1. The molecule has 0 saturated heterocycles. The first-order valence-corrected chi connectivity index (χ1v) is 6.63. The number of hydrogen-bond acceptors (Lipinski definition) is 2. The number of para-hydroxylation sites is 1. The van der Waals surface area contributed by atoms with E-state index in [-0.39, 0.29) is 5.69 Å². The van der Waals surface area contributed by atoms with Crippen LogP contribution in [0.1, 0.15) is 19.3 Å². The van der Waals surface area contributed by atoms with Gasteiger partial charge in [0.25, 0.3) is 0 Å². The van der Waals surface area contributed by atoms with E-state index in [0.717, 1.165) is 18.9 Å². The number of hydrogen-bond donors (Lipinski definition) is 2.